The van der Waals surface area contributed by atoms with E-state index in [1.165, 1.54) is 11.6 Å². The summed E-state index contributed by atoms with van der Waals surface area (Å²) in [5, 5.41) is 17.8. The second kappa shape index (κ2) is 5.06. The van der Waals surface area contributed by atoms with Crippen LogP contribution in [-0.4, -0.2) is 9.67 Å². The minimum atomic E-state index is -0.361. The highest BCUT2D eigenvalue weighted by Crippen LogP contribution is 2.25. The van der Waals surface area contributed by atoms with Crippen LogP contribution in [0, 0.1) is 13.8 Å². The molecule has 0 unspecified atom stereocenters. The Hall–Kier alpha value is -2.43. The van der Waals surface area contributed by atoms with E-state index < -0.39 is 0 Å². The van der Waals surface area contributed by atoms with Crippen LogP contribution in [0.3, 0.4) is 0 Å². The van der Waals surface area contributed by atoms with Gasteiger partial charge < -0.3 is 5.11 Å². The number of nitrogens with zero attached hydrogens (tertiary/aromatic N) is 3. The van der Waals surface area contributed by atoms with Crippen molar-refractivity contribution in [2.75, 3.05) is 0 Å². The van der Waals surface area contributed by atoms with Crippen LogP contribution in [0.1, 0.15) is 11.1 Å². The maximum Gasteiger partial charge on any atom is 0.281 e. The molecule has 0 atom stereocenters. The molecule has 0 bridgehead atoms. The van der Waals surface area contributed by atoms with Crippen molar-refractivity contribution in [3.63, 3.8) is 0 Å². The number of benzene rings is 1. The van der Waals surface area contributed by atoms with E-state index in [2.05, 4.69) is 10.2 Å². The molecule has 2 aromatic rings. The summed E-state index contributed by atoms with van der Waals surface area (Å²) >= 11 is 0. The molecular formula is C14H15N3O2. The minimum Gasteiger partial charge on any atom is -0.494 e. The van der Waals surface area contributed by atoms with Crippen molar-refractivity contribution in [3.05, 3.63) is 51.8 Å². The maximum atomic E-state index is 12.0. The van der Waals surface area contributed by atoms with E-state index in [0.29, 0.717) is 16.8 Å². The Morgan fingerprint density at radius 1 is 1.05 bits per heavy atom. The predicted molar refractivity (Wildman–Crippen MR) is 73.4 cm³/mol. The molecular weight excluding hydrogens is 242 g/mol. The molecule has 1 aromatic carbocycles. The molecule has 1 aromatic heterocycles. The van der Waals surface area contributed by atoms with Crippen molar-refractivity contribution >= 4 is 11.4 Å². The highest BCUT2D eigenvalue weighted by Gasteiger charge is 2.13. The summed E-state index contributed by atoms with van der Waals surface area (Å²) in [5.41, 5.74) is 1.83. The number of azo groups is 1. The summed E-state index contributed by atoms with van der Waals surface area (Å²) in [5.74, 6) is -0.0406. The standard InChI is InChI=1S/C14H15N3O2/c1-9-10(2)13(18)17(3)14(19)12(9)16-15-11-7-5-4-6-8-11/h4-8,18H,1-3H3. The quantitative estimate of drug-likeness (QED) is 0.840. The fraction of sp³-hybridized carbons (Fsp3) is 0.214. The molecule has 0 aliphatic heterocycles. The zero-order chi connectivity index (χ0) is 14.0. The molecule has 0 spiro atoms. The smallest absolute Gasteiger partial charge is 0.281 e. The molecule has 1 N–H and O–H groups in total. The van der Waals surface area contributed by atoms with Crippen LogP contribution in [0.2, 0.25) is 0 Å². The van der Waals surface area contributed by atoms with E-state index in [-0.39, 0.29) is 17.1 Å². The lowest BCUT2D eigenvalue weighted by atomic mass is 10.1. The van der Waals surface area contributed by atoms with Gasteiger partial charge in [0.05, 0.1) is 5.69 Å². The van der Waals surface area contributed by atoms with Crippen LogP contribution in [0.15, 0.2) is 45.4 Å². The SMILES string of the molecule is Cc1c(C)c(O)n(C)c(=O)c1N=Nc1ccccc1. The topological polar surface area (TPSA) is 67.0 Å². The Morgan fingerprint density at radius 3 is 2.32 bits per heavy atom. The summed E-state index contributed by atoms with van der Waals surface area (Å²) in [6.07, 6.45) is 0. The number of pyridine rings is 1. The zero-order valence-corrected chi connectivity index (χ0v) is 11.1. The Balaban J connectivity index is 2.53. The molecule has 5 heteroatoms. The number of aromatic hydroxyl groups is 1. The van der Waals surface area contributed by atoms with Gasteiger partial charge in [0.2, 0.25) is 0 Å². The zero-order valence-electron chi connectivity index (χ0n) is 11.1. The van der Waals surface area contributed by atoms with Crippen molar-refractivity contribution < 1.29 is 5.11 Å². The Kier molecular flexibility index (Phi) is 3.46. The van der Waals surface area contributed by atoms with Crippen LogP contribution in [0.4, 0.5) is 11.4 Å². The first-order valence-electron chi connectivity index (χ1n) is 5.88. The van der Waals surface area contributed by atoms with Gasteiger partial charge in [-0.1, -0.05) is 18.2 Å². The van der Waals surface area contributed by atoms with Gasteiger partial charge in [-0.2, -0.15) is 5.11 Å². The molecule has 0 amide bonds. The number of hydrogen-bond donors (Lipinski definition) is 1. The Bertz CT molecular complexity index is 688. The van der Waals surface area contributed by atoms with Crippen molar-refractivity contribution in [1.29, 1.82) is 0 Å². The number of hydrogen-bond acceptors (Lipinski definition) is 4. The Morgan fingerprint density at radius 2 is 1.68 bits per heavy atom. The minimum absolute atomic E-state index is 0.0406. The van der Waals surface area contributed by atoms with E-state index >= 15 is 0 Å². The van der Waals surface area contributed by atoms with Crippen molar-refractivity contribution in [3.8, 4) is 5.88 Å². The third-order valence-electron chi connectivity index (χ3n) is 3.10. The summed E-state index contributed by atoms with van der Waals surface area (Å²) in [6.45, 7) is 3.49. The predicted octanol–water partition coefficient (Wildman–Crippen LogP) is 3.12. The molecule has 0 radical (unpaired) electrons. The number of rotatable bonds is 2. The molecule has 1 heterocycles. The fourth-order valence-electron chi connectivity index (χ4n) is 1.73. The molecule has 0 saturated carbocycles. The average molecular weight is 257 g/mol. The summed E-state index contributed by atoms with van der Waals surface area (Å²) in [6, 6.07) is 9.18. The highest BCUT2D eigenvalue weighted by atomic mass is 16.3. The summed E-state index contributed by atoms with van der Waals surface area (Å²) < 4.78 is 1.17. The first kappa shape index (κ1) is 13.0. The lowest BCUT2D eigenvalue weighted by Crippen LogP contribution is -2.18. The summed E-state index contributed by atoms with van der Waals surface area (Å²) in [7, 11) is 1.51. The molecule has 5 nitrogen and oxygen atoms in total. The fourth-order valence-corrected chi connectivity index (χ4v) is 1.73. The van der Waals surface area contributed by atoms with E-state index in [1.54, 1.807) is 26.0 Å². The van der Waals surface area contributed by atoms with Crippen LogP contribution in [0.5, 0.6) is 5.88 Å². The van der Waals surface area contributed by atoms with Gasteiger partial charge in [0, 0.05) is 12.6 Å². The van der Waals surface area contributed by atoms with Gasteiger partial charge in [-0.15, -0.1) is 5.11 Å². The van der Waals surface area contributed by atoms with E-state index in [1.807, 2.05) is 18.2 Å². The van der Waals surface area contributed by atoms with Crippen LogP contribution in [-0.2, 0) is 7.05 Å². The maximum absolute atomic E-state index is 12.0. The highest BCUT2D eigenvalue weighted by molar-refractivity contribution is 5.51. The van der Waals surface area contributed by atoms with Gasteiger partial charge in [0.1, 0.15) is 0 Å². The van der Waals surface area contributed by atoms with Crippen LogP contribution < -0.4 is 5.56 Å². The second-order valence-corrected chi connectivity index (χ2v) is 4.32. The average Bonchev–Trinajstić information content (AvgIpc) is 2.44. The summed E-state index contributed by atoms with van der Waals surface area (Å²) in [4.78, 5) is 12.0. The van der Waals surface area contributed by atoms with Crippen LogP contribution in [0.25, 0.3) is 0 Å². The molecule has 98 valence electrons. The van der Waals surface area contributed by atoms with Gasteiger partial charge in [0.25, 0.3) is 5.56 Å². The largest absolute Gasteiger partial charge is 0.494 e. The number of aromatic nitrogens is 1. The van der Waals surface area contributed by atoms with Crippen molar-refractivity contribution in [2.24, 2.45) is 17.3 Å². The van der Waals surface area contributed by atoms with Crippen molar-refractivity contribution in [2.45, 2.75) is 13.8 Å². The molecule has 0 saturated heterocycles. The lowest BCUT2D eigenvalue weighted by molar-refractivity contribution is 0.418. The third kappa shape index (κ3) is 2.40. The molecule has 0 aliphatic carbocycles. The molecule has 0 aliphatic rings. The first-order chi connectivity index (χ1) is 9.02. The van der Waals surface area contributed by atoms with Gasteiger partial charge >= 0.3 is 0 Å². The monoisotopic (exact) mass is 257 g/mol. The van der Waals surface area contributed by atoms with Gasteiger partial charge in [-0.05, 0) is 31.5 Å². The van der Waals surface area contributed by atoms with Gasteiger partial charge in [0.15, 0.2) is 11.6 Å². The van der Waals surface area contributed by atoms with E-state index in [0.717, 1.165) is 0 Å². The first-order valence-corrected chi connectivity index (χ1v) is 5.88. The van der Waals surface area contributed by atoms with E-state index in [4.69, 9.17) is 0 Å². The lowest BCUT2D eigenvalue weighted by Gasteiger charge is -2.09. The third-order valence-corrected chi connectivity index (χ3v) is 3.10. The van der Waals surface area contributed by atoms with Gasteiger partial charge in [-0.3, -0.25) is 9.36 Å². The van der Waals surface area contributed by atoms with E-state index in [9.17, 15) is 9.90 Å². The van der Waals surface area contributed by atoms with Crippen LogP contribution >= 0.6 is 0 Å². The normalized spacial score (nSPS) is 11.1. The Labute approximate surface area is 110 Å². The molecule has 0 fully saturated rings. The molecule has 19 heavy (non-hydrogen) atoms. The van der Waals surface area contributed by atoms with Gasteiger partial charge in [-0.25, -0.2) is 0 Å². The second-order valence-electron chi connectivity index (χ2n) is 4.32. The van der Waals surface area contributed by atoms with Crippen molar-refractivity contribution in [1.82, 2.24) is 4.57 Å². The molecule has 2 rings (SSSR count).